The van der Waals surface area contributed by atoms with Crippen LogP contribution in [0.5, 0.6) is 5.75 Å². The molecule has 118 valence electrons. The van der Waals surface area contributed by atoms with Gasteiger partial charge < -0.3 is 10.1 Å². The standard InChI is InChI=1S/C19H20N2O2/c1-12-3-2-4-18-16(12)10-15(11-23-18)21-19(22)14-7-8-20-17(9-14)13-5-6-13/h2-4,7-9,13,15H,5-6,10-11H2,1H3,(H,21,22)/t15-/m0/s1. The molecule has 0 radical (unpaired) electrons. The van der Waals surface area contributed by atoms with Gasteiger partial charge in [-0.3, -0.25) is 9.78 Å². The molecule has 4 rings (SSSR count). The summed E-state index contributed by atoms with van der Waals surface area (Å²) in [6, 6.07) is 9.79. The summed E-state index contributed by atoms with van der Waals surface area (Å²) in [7, 11) is 0. The van der Waals surface area contributed by atoms with Crippen molar-refractivity contribution in [1.29, 1.82) is 0 Å². The van der Waals surface area contributed by atoms with Gasteiger partial charge in [-0.2, -0.15) is 0 Å². The number of nitrogens with one attached hydrogen (secondary N) is 1. The first-order chi connectivity index (χ1) is 11.2. The smallest absolute Gasteiger partial charge is 0.251 e. The number of hydrogen-bond acceptors (Lipinski definition) is 3. The third-order valence-corrected chi connectivity index (χ3v) is 4.63. The summed E-state index contributed by atoms with van der Waals surface area (Å²) in [5, 5.41) is 3.10. The lowest BCUT2D eigenvalue weighted by Crippen LogP contribution is -2.43. The Kier molecular flexibility index (Phi) is 3.52. The zero-order valence-corrected chi connectivity index (χ0v) is 13.2. The monoisotopic (exact) mass is 308 g/mol. The van der Waals surface area contributed by atoms with Crippen LogP contribution in [0, 0.1) is 6.92 Å². The molecule has 0 spiro atoms. The molecule has 0 unspecified atom stereocenters. The maximum atomic E-state index is 12.5. The molecule has 2 aromatic rings. The first-order valence-electron chi connectivity index (χ1n) is 8.19. The van der Waals surface area contributed by atoms with Crippen LogP contribution in [-0.2, 0) is 6.42 Å². The Morgan fingerprint density at radius 1 is 1.30 bits per heavy atom. The van der Waals surface area contributed by atoms with Gasteiger partial charge in [0.05, 0.1) is 6.04 Å². The lowest BCUT2D eigenvalue weighted by atomic mass is 9.98. The van der Waals surface area contributed by atoms with Crippen LogP contribution < -0.4 is 10.1 Å². The SMILES string of the molecule is Cc1cccc2c1C[C@H](NC(=O)c1ccnc(C3CC3)c1)CO2. The van der Waals surface area contributed by atoms with Crippen molar-refractivity contribution in [1.82, 2.24) is 10.3 Å². The predicted octanol–water partition coefficient (Wildman–Crippen LogP) is 3.00. The molecule has 4 heteroatoms. The van der Waals surface area contributed by atoms with E-state index in [2.05, 4.69) is 23.3 Å². The Morgan fingerprint density at radius 2 is 2.17 bits per heavy atom. The summed E-state index contributed by atoms with van der Waals surface area (Å²) < 4.78 is 5.80. The number of ether oxygens (including phenoxy) is 1. The van der Waals surface area contributed by atoms with Crippen LogP contribution in [0.3, 0.4) is 0 Å². The average molecular weight is 308 g/mol. The van der Waals surface area contributed by atoms with Gasteiger partial charge in [0.2, 0.25) is 0 Å². The van der Waals surface area contributed by atoms with Crippen LogP contribution in [-0.4, -0.2) is 23.5 Å². The Labute approximate surface area is 135 Å². The van der Waals surface area contributed by atoms with Gasteiger partial charge in [-0.25, -0.2) is 0 Å². The second kappa shape index (κ2) is 5.69. The van der Waals surface area contributed by atoms with Gasteiger partial charge in [-0.15, -0.1) is 0 Å². The van der Waals surface area contributed by atoms with E-state index < -0.39 is 0 Å². The summed E-state index contributed by atoms with van der Waals surface area (Å²) in [5.41, 5.74) is 4.13. The Hall–Kier alpha value is -2.36. The summed E-state index contributed by atoms with van der Waals surface area (Å²) >= 11 is 0. The lowest BCUT2D eigenvalue weighted by molar-refractivity contribution is 0.0915. The highest BCUT2D eigenvalue weighted by Gasteiger charge is 2.26. The molecule has 2 heterocycles. The molecular formula is C19H20N2O2. The molecule has 0 bridgehead atoms. The molecule has 1 fully saturated rings. The van der Waals surface area contributed by atoms with Gasteiger partial charge in [0.1, 0.15) is 12.4 Å². The molecule has 23 heavy (non-hydrogen) atoms. The first-order valence-corrected chi connectivity index (χ1v) is 8.19. The van der Waals surface area contributed by atoms with Crippen molar-refractivity contribution >= 4 is 5.91 Å². The minimum absolute atomic E-state index is 0.00800. The molecule has 1 saturated carbocycles. The van der Waals surface area contributed by atoms with Gasteiger partial charge in [0.15, 0.2) is 0 Å². The van der Waals surface area contributed by atoms with Crippen LogP contribution >= 0.6 is 0 Å². The normalized spacial score (nSPS) is 19.6. The van der Waals surface area contributed by atoms with Crippen LogP contribution in [0.15, 0.2) is 36.5 Å². The number of amides is 1. The molecule has 1 N–H and O–H groups in total. The fraction of sp³-hybridized carbons (Fsp3) is 0.368. The summed E-state index contributed by atoms with van der Waals surface area (Å²) in [5.74, 6) is 1.45. The molecule has 1 aliphatic heterocycles. The van der Waals surface area contributed by atoms with Crippen molar-refractivity contribution < 1.29 is 9.53 Å². The number of pyridine rings is 1. The first kappa shape index (κ1) is 14.2. The molecule has 2 aliphatic rings. The van der Waals surface area contributed by atoms with Gasteiger partial charge in [0.25, 0.3) is 5.91 Å². The van der Waals surface area contributed by atoms with Crippen LogP contribution in [0.2, 0.25) is 0 Å². The van der Waals surface area contributed by atoms with E-state index in [0.29, 0.717) is 18.1 Å². The van der Waals surface area contributed by atoms with E-state index in [-0.39, 0.29) is 11.9 Å². The van der Waals surface area contributed by atoms with E-state index in [1.807, 2.05) is 18.2 Å². The van der Waals surface area contributed by atoms with Crippen LogP contribution in [0.1, 0.15) is 45.9 Å². The minimum Gasteiger partial charge on any atom is -0.491 e. The molecular weight excluding hydrogens is 288 g/mol. The number of aryl methyl sites for hydroxylation is 1. The fourth-order valence-electron chi connectivity index (χ4n) is 3.12. The van der Waals surface area contributed by atoms with Gasteiger partial charge in [-0.1, -0.05) is 12.1 Å². The molecule has 0 saturated heterocycles. The zero-order chi connectivity index (χ0) is 15.8. The predicted molar refractivity (Wildman–Crippen MR) is 87.8 cm³/mol. The summed E-state index contributed by atoms with van der Waals surface area (Å²) in [4.78, 5) is 16.9. The summed E-state index contributed by atoms with van der Waals surface area (Å²) in [6.45, 7) is 2.60. The minimum atomic E-state index is -0.0417. The Morgan fingerprint density at radius 3 is 3.00 bits per heavy atom. The second-order valence-corrected chi connectivity index (χ2v) is 6.48. The Bertz CT molecular complexity index is 753. The quantitative estimate of drug-likeness (QED) is 0.948. The largest absolute Gasteiger partial charge is 0.491 e. The molecule has 1 amide bonds. The van der Waals surface area contributed by atoms with Gasteiger partial charge >= 0.3 is 0 Å². The highest BCUT2D eigenvalue weighted by atomic mass is 16.5. The number of rotatable bonds is 3. The van der Waals surface area contributed by atoms with Crippen molar-refractivity contribution in [3.05, 3.63) is 58.9 Å². The van der Waals surface area contributed by atoms with Crippen molar-refractivity contribution in [3.63, 3.8) is 0 Å². The zero-order valence-electron chi connectivity index (χ0n) is 13.2. The van der Waals surface area contributed by atoms with Crippen molar-refractivity contribution in [3.8, 4) is 5.75 Å². The maximum Gasteiger partial charge on any atom is 0.251 e. The summed E-state index contributed by atoms with van der Waals surface area (Å²) in [6.07, 6.45) is 4.92. The molecule has 1 aromatic heterocycles. The highest BCUT2D eigenvalue weighted by molar-refractivity contribution is 5.94. The number of fused-ring (bicyclic) bond motifs is 1. The third kappa shape index (κ3) is 2.93. The van der Waals surface area contributed by atoms with E-state index in [1.54, 1.807) is 12.3 Å². The highest BCUT2D eigenvalue weighted by Crippen LogP contribution is 2.39. The molecule has 1 aromatic carbocycles. The molecule has 1 aliphatic carbocycles. The maximum absolute atomic E-state index is 12.5. The van der Waals surface area contributed by atoms with E-state index in [9.17, 15) is 4.79 Å². The van der Waals surface area contributed by atoms with Gasteiger partial charge in [-0.05, 0) is 55.5 Å². The van der Waals surface area contributed by atoms with E-state index in [4.69, 9.17) is 4.74 Å². The third-order valence-electron chi connectivity index (χ3n) is 4.63. The number of aromatic nitrogens is 1. The topological polar surface area (TPSA) is 51.2 Å². The lowest BCUT2D eigenvalue weighted by Gasteiger charge is -2.27. The Balaban J connectivity index is 1.47. The second-order valence-electron chi connectivity index (χ2n) is 6.48. The number of carbonyl (C=O) groups is 1. The number of benzene rings is 1. The average Bonchev–Trinajstić information content (AvgIpc) is 3.41. The van der Waals surface area contributed by atoms with E-state index in [1.165, 1.54) is 24.0 Å². The van der Waals surface area contributed by atoms with E-state index in [0.717, 1.165) is 17.9 Å². The van der Waals surface area contributed by atoms with Crippen molar-refractivity contribution in [2.75, 3.05) is 6.61 Å². The van der Waals surface area contributed by atoms with Gasteiger partial charge in [0, 0.05) is 23.4 Å². The van der Waals surface area contributed by atoms with Crippen LogP contribution in [0.25, 0.3) is 0 Å². The van der Waals surface area contributed by atoms with Crippen LogP contribution in [0.4, 0.5) is 0 Å². The molecule has 4 nitrogen and oxygen atoms in total. The van der Waals surface area contributed by atoms with Crippen molar-refractivity contribution in [2.45, 2.75) is 38.1 Å². The van der Waals surface area contributed by atoms with Crippen molar-refractivity contribution in [2.24, 2.45) is 0 Å². The number of nitrogens with zero attached hydrogens (tertiary/aromatic N) is 1. The van der Waals surface area contributed by atoms with E-state index >= 15 is 0 Å². The number of hydrogen-bond donors (Lipinski definition) is 1. The molecule has 1 atom stereocenters. The number of carbonyl (C=O) groups excluding carboxylic acids is 1. The fourth-order valence-corrected chi connectivity index (χ4v) is 3.12.